The summed E-state index contributed by atoms with van der Waals surface area (Å²) in [5, 5.41) is 9.08. The lowest BCUT2D eigenvalue weighted by Crippen LogP contribution is -2.35. The number of carbonyl (C=O) groups is 1. The second kappa shape index (κ2) is 3.80. The largest absolute Gasteiger partial charge is 0.481 e. The van der Waals surface area contributed by atoms with Crippen LogP contribution >= 0.6 is 0 Å². The van der Waals surface area contributed by atoms with Crippen LogP contribution in [-0.4, -0.2) is 11.1 Å². The molecule has 2 aliphatic carbocycles. The van der Waals surface area contributed by atoms with Gasteiger partial charge in [-0.05, 0) is 55.3 Å². The first kappa shape index (κ1) is 11.0. The van der Waals surface area contributed by atoms with Crippen LogP contribution in [0.2, 0.25) is 0 Å². The molecule has 0 amide bonds. The van der Waals surface area contributed by atoms with Crippen molar-refractivity contribution in [3.05, 3.63) is 0 Å². The number of hydrogen-bond donors (Lipinski definition) is 1. The monoisotopic (exact) mass is 210 g/mol. The van der Waals surface area contributed by atoms with Crippen LogP contribution in [0.25, 0.3) is 0 Å². The fraction of sp³-hybridized carbons (Fsp3) is 0.923. The number of hydrogen-bond acceptors (Lipinski definition) is 1. The minimum atomic E-state index is -0.594. The first-order chi connectivity index (χ1) is 7.02. The van der Waals surface area contributed by atoms with Gasteiger partial charge in [-0.25, -0.2) is 0 Å². The minimum absolute atomic E-state index is 0.156. The smallest absolute Gasteiger partial charge is 0.303 e. The third-order valence-corrected chi connectivity index (χ3v) is 4.26. The summed E-state index contributed by atoms with van der Waals surface area (Å²) < 4.78 is 0. The zero-order valence-electron chi connectivity index (χ0n) is 9.83. The van der Waals surface area contributed by atoms with E-state index in [1.807, 2.05) is 0 Å². The van der Waals surface area contributed by atoms with Crippen LogP contribution in [0.5, 0.6) is 0 Å². The zero-order valence-corrected chi connectivity index (χ0v) is 9.83. The molecule has 86 valence electrons. The first-order valence-electron chi connectivity index (χ1n) is 6.23. The molecule has 0 bridgehead atoms. The average molecular weight is 210 g/mol. The first-order valence-corrected chi connectivity index (χ1v) is 6.23. The number of carboxylic acids is 1. The molecule has 2 atom stereocenters. The standard InChI is InChI=1S/C13H22O2/c1-9-5-10(2)7-13(6-9,8-12(14)15)11-3-4-11/h9-11H,3-8H2,1-2H3,(H,14,15). The van der Waals surface area contributed by atoms with Gasteiger partial charge in [-0.2, -0.15) is 0 Å². The molecule has 15 heavy (non-hydrogen) atoms. The number of aliphatic carboxylic acids is 1. The van der Waals surface area contributed by atoms with Crippen molar-refractivity contribution in [2.75, 3.05) is 0 Å². The maximum absolute atomic E-state index is 11.0. The molecular weight excluding hydrogens is 188 g/mol. The second-order valence-corrected chi connectivity index (χ2v) is 6.06. The van der Waals surface area contributed by atoms with Crippen molar-refractivity contribution in [3.8, 4) is 0 Å². The summed E-state index contributed by atoms with van der Waals surface area (Å²) in [5.41, 5.74) is 0.156. The van der Waals surface area contributed by atoms with Crippen molar-refractivity contribution in [3.63, 3.8) is 0 Å². The van der Waals surface area contributed by atoms with Crippen LogP contribution in [0.15, 0.2) is 0 Å². The third kappa shape index (κ3) is 2.35. The molecule has 0 heterocycles. The Morgan fingerprint density at radius 2 is 1.80 bits per heavy atom. The van der Waals surface area contributed by atoms with Gasteiger partial charge in [-0.3, -0.25) is 4.79 Å². The van der Waals surface area contributed by atoms with Gasteiger partial charge in [0.25, 0.3) is 0 Å². The molecule has 0 saturated heterocycles. The Bertz CT molecular complexity index is 245. The summed E-state index contributed by atoms with van der Waals surface area (Å²) in [6.07, 6.45) is 6.53. The van der Waals surface area contributed by atoms with E-state index in [4.69, 9.17) is 5.11 Å². The lowest BCUT2D eigenvalue weighted by Gasteiger charge is -2.42. The number of carboxylic acid groups (broad SMARTS) is 1. The highest BCUT2D eigenvalue weighted by Gasteiger charge is 2.49. The SMILES string of the molecule is CC1CC(C)CC(CC(=O)O)(C2CC2)C1. The zero-order chi connectivity index (χ0) is 11.1. The predicted octanol–water partition coefficient (Wildman–Crippen LogP) is 3.31. The summed E-state index contributed by atoms with van der Waals surface area (Å²) in [7, 11) is 0. The second-order valence-electron chi connectivity index (χ2n) is 6.06. The Morgan fingerprint density at radius 3 is 2.20 bits per heavy atom. The minimum Gasteiger partial charge on any atom is -0.481 e. The fourth-order valence-electron chi connectivity index (χ4n) is 3.94. The summed E-state index contributed by atoms with van der Waals surface area (Å²) in [5.74, 6) is 1.56. The van der Waals surface area contributed by atoms with Crippen molar-refractivity contribution < 1.29 is 9.90 Å². The Labute approximate surface area is 92.1 Å². The molecule has 2 fully saturated rings. The molecule has 0 radical (unpaired) electrons. The van der Waals surface area contributed by atoms with Gasteiger partial charge in [0, 0.05) is 0 Å². The highest BCUT2D eigenvalue weighted by Crippen LogP contribution is 2.57. The van der Waals surface area contributed by atoms with E-state index in [2.05, 4.69) is 13.8 Å². The van der Waals surface area contributed by atoms with Crippen molar-refractivity contribution in [2.45, 2.75) is 52.4 Å². The lowest BCUT2D eigenvalue weighted by molar-refractivity contribution is -0.141. The van der Waals surface area contributed by atoms with Gasteiger partial charge < -0.3 is 5.11 Å². The topological polar surface area (TPSA) is 37.3 Å². The van der Waals surface area contributed by atoms with Crippen LogP contribution in [0, 0.1) is 23.2 Å². The van der Waals surface area contributed by atoms with E-state index in [0.717, 1.165) is 18.8 Å². The molecule has 2 rings (SSSR count). The van der Waals surface area contributed by atoms with Crippen molar-refractivity contribution in [1.29, 1.82) is 0 Å². The molecule has 0 spiro atoms. The van der Waals surface area contributed by atoms with Crippen molar-refractivity contribution >= 4 is 5.97 Å². The van der Waals surface area contributed by atoms with E-state index in [-0.39, 0.29) is 5.41 Å². The van der Waals surface area contributed by atoms with Crippen LogP contribution in [-0.2, 0) is 4.79 Å². The van der Waals surface area contributed by atoms with E-state index in [9.17, 15) is 4.79 Å². The molecule has 2 aliphatic rings. The molecule has 2 heteroatoms. The quantitative estimate of drug-likeness (QED) is 0.776. The Hall–Kier alpha value is -0.530. The molecule has 1 N–H and O–H groups in total. The van der Waals surface area contributed by atoms with Crippen molar-refractivity contribution in [2.24, 2.45) is 23.2 Å². The van der Waals surface area contributed by atoms with Gasteiger partial charge >= 0.3 is 5.97 Å². The maximum Gasteiger partial charge on any atom is 0.303 e. The maximum atomic E-state index is 11.0. The third-order valence-electron chi connectivity index (χ3n) is 4.26. The van der Waals surface area contributed by atoms with Crippen LogP contribution < -0.4 is 0 Å². The Balaban J connectivity index is 2.13. The fourth-order valence-corrected chi connectivity index (χ4v) is 3.94. The highest BCUT2D eigenvalue weighted by molar-refractivity contribution is 5.68. The van der Waals surface area contributed by atoms with Gasteiger partial charge in [0.1, 0.15) is 0 Å². The van der Waals surface area contributed by atoms with Crippen molar-refractivity contribution in [1.82, 2.24) is 0 Å². The van der Waals surface area contributed by atoms with E-state index in [1.165, 1.54) is 19.3 Å². The van der Waals surface area contributed by atoms with Crippen LogP contribution in [0.3, 0.4) is 0 Å². The summed E-state index contributed by atoms with van der Waals surface area (Å²) in [6, 6.07) is 0. The van der Waals surface area contributed by atoms with E-state index < -0.39 is 5.97 Å². The average Bonchev–Trinajstić information content (AvgIpc) is 2.80. The number of rotatable bonds is 3. The molecule has 0 aromatic heterocycles. The molecule has 0 aromatic rings. The van der Waals surface area contributed by atoms with Crippen LogP contribution in [0.1, 0.15) is 52.4 Å². The molecule has 0 aromatic carbocycles. The van der Waals surface area contributed by atoms with Gasteiger partial charge in [0.15, 0.2) is 0 Å². The van der Waals surface area contributed by atoms with Gasteiger partial charge in [0.05, 0.1) is 6.42 Å². The molecular formula is C13H22O2. The highest BCUT2D eigenvalue weighted by atomic mass is 16.4. The van der Waals surface area contributed by atoms with Gasteiger partial charge in [-0.15, -0.1) is 0 Å². The molecule has 2 unspecified atom stereocenters. The summed E-state index contributed by atoms with van der Waals surface area (Å²) in [6.45, 7) is 4.57. The molecule has 0 aliphatic heterocycles. The van der Waals surface area contributed by atoms with E-state index >= 15 is 0 Å². The normalized spacial score (nSPS) is 41.5. The van der Waals surface area contributed by atoms with Crippen LogP contribution in [0.4, 0.5) is 0 Å². The molecule has 2 nitrogen and oxygen atoms in total. The van der Waals surface area contributed by atoms with Gasteiger partial charge in [-0.1, -0.05) is 13.8 Å². The van der Waals surface area contributed by atoms with E-state index in [0.29, 0.717) is 18.3 Å². The Morgan fingerprint density at radius 1 is 1.27 bits per heavy atom. The van der Waals surface area contributed by atoms with Gasteiger partial charge in [0.2, 0.25) is 0 Å². The summed E-state index contributed by atoms with van der Waals surface area (Å²) in [4.78, 5) is 11.0. The Kier molecular flexibility index (Phi) is 2.78. The molecule has 2 saturated carbocycles. The lowest BCUT2D eigenvalue weighted by atomic mass is 9.62. The summed E-state index contributed by atoms with van der Waals surface area (Å²) >= 11 is 0. The van der Waals surface area contributed by atoms with E-state index in [1.54, 1.807) is 0 Å². The predicted molar refractivity (Wildman–Crippen MR) is 59.6 cm³/mol.